The SMILES string of the molecule is CCC(CC(C)O)C(=O)NC1C(=O)CC(CC(N)=O)C(=O)NC2C(=O)CC3C(=O)NC(C(=O)NC(C(=O)OCC(=O)N(C)CCN(C)C)c4cc(O)cc5c4-c4cc3ccc4C5(O)O)C(OC3CC(C)(N)C(O)C(C)O3)c3ccc(c(Cl)c3)Oc3cc2cc(c3OC2OC(CO)C(O)C(O)C2OC2CC(C)(NCc3ccc(-c4ccc(Cl)cc4)cc3)C(O)C(C)O2)Oc2ccc(cc2Cl)C1O. The summed E-state index contributed by atoms with van der Waals surface area (Å²) in [6, 6.07) is 21.5. The van der Waals surface area contributed by atoms with Gasteiger partial charge in [-0.25, -0.2) is 4.79 Å². The highest BCUT2D eigenvalue weighted by molar-refractivity contribution is 6.32. The van der Waals surface area contributed by atoms with E-state index in [1.807, 2.05) is 36.4 Å². The number of hydrogen-bond acceptors (Lipinski definition) is 31. The molecule has 19 N–H and O–H groups in total. The number of aromatic hydroxyl groups is 1. The van der Waals surface area contributed by atoms with Crippen molar-refractivity contribution in [2.45, 2.75) is 226 Å². The van der Waals surface area contributed by atoms with Crippen molar-refractivity contribution in [3.05, 3.63) is 187 Å². The summed E-state index contributed by atoms with van der Waals surface area (Å²) in [5.41, 5.74) is 9.98. The summed E-state index contributed by atoms with van der Waals surface area (Å²) in [5.74, 6) is -21.6. The average Bonchev–Trinajstić information content (AvgIpc) is 1.55. The molecular formula is C96H112Cl3N9O28. The van der Waals surface area contributed by atoms with Crippen LogP contribution in [0.3, 0.4) is 0 Å². The summed E-state index contributed by atoms with van der Waals surface area (Å²) in [6.07, 6.45) is -26.3. The number of nitrogens with two attached hydrogens (primary N) is 2. The van der Waals surface area contributed by atoms with Gasteiger partial charge >= 0.3 is 5.97 Å². The number of aliphatic hydroxyl groups is 9. The van der Waals surface area contributed by atoms with Crippen LogP contribution in [-0.4, -0.2) is 258 Å². The normalized spacial score (nSPS) is 29.2. The Morgan fingerprint density at radius 2 is 1.30 bits per heavy atom. The molecule has 40 heteroatoms. The fourth-order valence-corrected chi connectivity index (χ4v) is 18.9. The van der Waals surface area contributed by atoms with E-state index >= 15 is 28.8 Å². The summed E-state index contributed by atoms with van der Waals surface area (Å²) in [6.45, 7) is 8.12. The molecule has 6 amide bonds. The lowest BCUT2D eigenvalue weighted by Crippen LogP contribution is -2.65. The van der Waals surface area contributed by atoms with Gasteiger partial charge in [0.25, 0.3) is 5.91 Å². The van der Waals surface area contributed by atoms with Crippen molar-refractivity contribution in [2.75, 3.05) is 47.4 Å². The van der Waals surface area contributed by atoms with E-state index in [1.54, 1.807) is 51.9 Å². The Hall–Kier alpha value is -10.4. The van der Waals surface area contributed by atoms with Gasteiger partial charge in [-0.15, -0.1) is 0 Å². The molecule has 0 radical (unpaired) electrons. The van der Waals surface area contributed by atoms with Gasteiger partial charge in [0.15, 0.2) is 54.4 Å². The molecule has 730 valence electrons. The summed E-state index contributed by atoms with van der Waals surface area (Å²) >= 11 is 21.0. The first-order chi connectivity index (χ1) is 64.3. The number of ketones is 2. The first-order valence-corrected chi connectivity index (χ1v) is 45.7. The van der Waals surface area contributed by atoms with Crippen LogP contribution in [0.4, 0.5) is 0 Å². The van der Waals surface area contributed by atoms with E-state index in [4.69, 9.17) is 88.9 Å². The van der Waals surface area contributed by atoms with Gasteiger partial charge in [0.2, 0.25) is 47.4 Å². The van der Waals surface area contributed by atoms with Crippen LogP contribution in [0.15, 0.2) is 127 Å². The zero-order chi connectivity index (χ0) is 98.3. The van der Waals surface area contributed by atoms with Crippen molar-refractivity contribution in [1.29, 1.82) is 0 Å². The third-order valence-electron chi connectivity index (χ3n) is 26.1. The Morgan fingerprint density at radius 1 is 0.676 bits per heavy atom. The van der Waals surface area contributed by atoms with Gasteiger partial charge in [-0.05, 0) is 184 Å². The number of ether oxygens (including phenoxy) is 9. The fourth-order valence-electron chi connectivity index (χ4n) is 18.3. The second-order valence-corrected chi connectivity index (χ2v) is 37.9. The first-order valence-electron chi connectivity index (χ1n) is 44.5. The Kier molecular flexibility index (Phi) is 31.1. The minimum atomic E-state index is -3.09. The lowest BCUT2D eigenvalue weighted by molar-refractivity contribution is -0.334. The topological polar surface area (TPSA) is 558 Å². The number of nitrogens with zero attached hydrogens (tertiary/aromatic N) is 2. The highest BCUT2D eigenvalue weighted by Gasteiger charge is 2.54. The third kappa shape index (κ3) is 22.0. The van der Waals surface area contributed by atoms with Crippen LogP contribution < -0.4 is 52.3 Å². The number of esters is 1. The average molecular weight is 1950 g/mol. The monoisotopic (exact) mass is 1940 g/mol. The molecule has 136 heavy (non-hydrogen) atoms. The van der Waals surface area contributed by atoms with E-state index in [-0.39, 0.29) is 94.2 Å². The number of halogens is 3. The van der Waals surface area contributed by atoms with Gasteiger partial charge in [0, 0.05) is 91.9 Å². The number of aliphatic hydroxyl groups excluding tert-OH is 7. The number of hydrogen-bond donors (Lipinski definition) is 17. The van der Waals surface area contributed by atoms with Gasteiger partial charge in [-0.2, -0.15) is 0 Å². The molecular weight excluding hydrogens is 1830 g/mol. The van der Waals surface area contributed by atoms with Crippen molar-refractivity contribution in [1.82, 2.24) is 36.4 Å². The van der Waals surface area contributed by atoms with Crippen molar-refractivity contribution in [3.63, 3.8) is 0 Å². The van der Waals surface area contributed by atoms with Gasteiger partial charge in [0.05, 0.1) is 59.0 Å². The van der Waals surface area contributed by atoms with E-state index in [9.17, 15) is 65.4 Å². The second kappa shape index (κ2) is 41.7. The molecule has 16 rings (SSSR count). The van der Waals surface area contributed by atoms with Crippen molar-refractivity contribution < 1.29 is 137 Å². The smallest absolute Gasteiger partial charge is 0.333 e. The molecule has 11 bridgehead atoms. The van der Waals surface area contributed by atoms with Gasteiger partial charge in [0.1, 0.15) is 65.9 Å². The number of likely N-dealkylation sites (N-methyl/N-ethyl adjacent to an activating group) is 2. The fraction of sp³-hybridized carbons (Fsp3) is 0.469. The lowest BCUT2D eigenvalue weighted by Gasteiger charge is -2.48. The number of Topliss-reactive ketones (excluding diaryl/α,β-unsaturated/α-hetero) is 2. The van der Waals surface area contributed by atoms with Crippen LogP contribution >= 0.6 is 34.8 Å². The summed E-state index contributed by atoms with van der Waals surface area (Å²) < 4.78 is 59.3. The Bertz CT molecular complexity index is 5680. The van der Waals surface area contributed by atoms with E-state index in [1.165, 1.54) is 81.2 Å². The van der Waals surface area contributed by atoms with Crippen LogP contribution in [0.1, 0.15) is 161 Å². The predicted octanol–water partition coefficient (Wildman–Crippen LogP) is 5.20. The Morgan fingerprint density at radius 3 is 1.92 bits per heavy atom. The number of carbonyl (C=O) groups is 9. The summed E-state index contributed by atoms with van der Waals surface area (Å²) in [4.78, 5) is 142. The van der Waals surface area contributed by atoms with Crippen LogP contribution in [-0.2, 0) is 83.9 Å². The largest absolute Gasteiger partial charge is 0.508 e. The van der Waals surface area contributed by atoms with Crippen LogP contribution in [0.25, 0.3) is 22.3 Å². The maximum atomic E-state index is 16.9. The number of carbonyl (C=O) groups excluding carboxylic acids is 9. The van der Waals surface area contributed by atoms with Gasteiger partial charge in [-0.1, -0.05) is 102 Å². The molecule has 23 atom stereocenters. The molecule has 7 aromatic rings. The quantitative estimate of drug-likeness (QED) is 0.0273. The number of phenols is 1. The lowest BCUT2D eigenvalue weighted by atomic mass is 9.84. The minimum absolute atomic E-state index is 0.111. The molecule has 3 fully saturated rings. The molecule has 8 heterocycles. The molecule has 9 aliphatic rings. The summed E-state index contributed by atoms with van der Waals surface area (Å²) in [7, 11) is 4.99. The Balaban J connectivity index is 0.969. The zero-order valence-electron chi connectivity index (χ0n) is 75.7. The maximum absolute atomic E-state index is 16.9. The first kappa shape index (κ1) is 101. The van der Waals surface area contributed by atoms with E-state index < -0.39 is 269 Å². The highest BCUT2D eigenvalue weighted by atomic mass is 35.5. The molecule has 37 nitrogen and oxygen atoms in total. The number of rotatable bonds is 24. The molecule has 3 saturated heterocycles. The number of benzene rings is 7. The summed E-state index contributed by atoms with van der Waals surface area (Å²) in [5, 5.41) is 133. The number of primary amides is 1. The standard InChI is InChI=1S/C96H112Cl3N9O28/c1-10-47(27-43(2)110)88(121)105-78-64(112)31-54(34-71(100)114)89(122)103-76-53-32-68(131-66-23-18-51(80(78)116)29-62(66)98)84(136-93-85(82(118)81(117)70(41-109)133-93)135-74-39-95(6,87(120)45(4)130-74)102-40-46-11-13-48(14-12-46)49-15-20-55(97)21-16-49)69(33-53)132-67-24-19-52(30-63(67)99)83(134-73-38-94(5,101)86(119)44(3)129-73)79-91(124)104-77(92(125)128-42-72(115)108(9)26-25-107(7)8)59-35-56(111)36-61-75(59)58-28-50(17-22-60(58)96(61,126)127)57(37-65(76)113)90(123)106-79/h11-24,28-30,32-33,35-36,43-45,47,54,57,70,73-74,76-83,85-87,93,102,109-111,116-120,126-127H,10,25-27,31,34,37-42,101H2,1-9H3,(H2,100,114)(H,103,122)(H,104,124)(H,105,121)(H,106,123). The Labute approximate surface area is 797 Å². The number of fused-ring (bicyclic) bond motifs is 12. The van der Waals surface area contributed by atoms with Crippen LogP contribution in [0, 0.1) is 11.8 Å². The second-order valence-electron chi connectivity index (χ2n) is 36.6. The number of nitrogens with one attached hydrogen (secondary N) is 5. The molecule has 8 aliphatic heterocycles. The van der Waals surface area contributed by atoms with Crippen molar-refractivity contribution in [2.24, 2.45) is 23.3 Å². The zero-order valence-corrected chi connectivity index (χ0v) is 78.0. The molecule has 0 saturated carbocycles. The predicted molar refractivity (Wildman–Crippen MR) is 487 cm³/mol. The van der Waals surface area contributed by atoms with Gasteiger partial charge < -0.3 is 142 Å². The van der Waals surface area contributed by atoms with E-state index in [0.717, 1.165) is 47.0 Å². The molecule has 0 spiro atoms. The molecule has 7 aromatic carbocycles. The number of amides is 6. The van der Waals surface area contributed by atoms with Crippen LogP contribution in [0.2, 0.25) is 15.1 Å². The van der Waals surface area contributed by atoms with Crippen molar-refractivity contribution in [3.8, 4) is 56.8 Å². The minimum Gasteiger partial charge on any atom is -0.508 e. The number of phenolic OH excluding ortho intramolecular Hbond substituents is 1. The third-order valence-corrected chi connectivity index (χ3v) is 26.9. The molecule has 1 aliphatic carbocycles. The maximum Gasteiger partial charge on any atom is 0.333 e. The van der Waals surface area contributed by atoms with Gasteiger partial charge in [-0.3, -0.25) is 38.4 Å². The van der Waals surface area contributed by atoms with Crippen LogP contribution in [0.5, 0.6) is 34.5 Å². The molecule has 0 aromatic heterocycles. The molecule has 23 unspecified atom stereocenters. The van der Waals surface area contributed by atoms with E-state index in [2.05, 4.69) is 26.6 Å². The van der Waals surface area contributed by atoms with E-state index in [0.29, 0.717) is 11.6 Å². The highest BCUT2D eigenvalue weighted by Crippen LogP contribution is 2.54. The van der Waals surface area contributed by atoms with Crippen molar-refractivity contribution >= 4 is 87.8 Å².